The first-order valence-electron chi connectivity index (χ1n) is 7.62. The van der Waals surface area contributed by atoms with E-state index in [1.165, 1.54) is 6.07 Å². The Morgan fingerprint density at radius 2 is 1.67 bits per heavy atom. The third-order valence-electron chi connectivity index (χ3n) is 3.66. The molecule has 2 aromatic rings. The fraction of sp³-hybridized carbons (Fsp3) is 0.222. The lowest BCUT2D eigenvalue weighted by Gasteiger charge is -2.20. The lowest BCUT2D eigenvalue weighted by molar-refractivity contribution is -0.122. The Labute approximate surface area is 140 Å². The van der Waals surface area contributed by atoms with Crippen LogP contribution in [0.15, 0.2) is 54.6 Å². The Hall–Kier alpha value is -2.89. The second-order valence-corrected chi connectivity index (χ2v) is 5.49. The molecular formula is C18H20FN3O2. The Bertz CT molecular complexity index is 706. The lowest BCUT2D eigenvalue weighted by atomic mass is 10.0. The molecule has 0 aromatic heterocycles. The molecule has 0 heterocycles. The second-order valence-electron chi connectivity index (χ2n) is 5.49. The number of halogens is 1. The minimum absolute atomic E-state index is 0.00570. The van der Waals surface area contributed by atoms with Crippen molar-refractivity contribution in [2.75, 3.05) is 0 Å². The van der Waals surface area contributed by atoms with E-state index in [0.29, 0.717) is 5.56 Å². The van der Waals surface area contributed by atoms with Gasteiger partial charge >= 0.3 is 6.03 Å². The van der Waals surface area contributed by atoms with Crippen LogP contribution < -0.4 is 16.4 Å². The summed E-state index contributed by atoms with van der Waals surface area (Å²) in [6.07, 6.45) is 0.00570. The van der Waals surface area contributed by atoms with Gasteiger partial charge in [-0.3, -0.25) is 4.79 Å². The SMILES string of the molecule is CC(NC(=O)CC(NC(N)=O)c1ccccc1)c1ccccc1F. The molecule has 2 unspecified atom stereocenters. The fourth-order valence-corrected chi connectivity index (χ4v) is 2.50. The average molecular weight is 329 g/mol. The average Bonchev–Trinajstić information content (AvgIpc) is 2.55. The number of urea groups is 1. The van der Waals surface area contributed by atoms with Crippen LogP contribution in [-0.2, 0) is 4.79 Å². The van der Waals surface area contributed by atoms with Crippen molar-refractivity contribution in [1.82, 2.24) is 10.6 Å². The second kappa shape index (κ2) is 8.10. The molecule has 0 aliphatic carbocycles. The van der Waals surface area contributed by atoms with Crippen LogP contribution in [0.3, 0.4) is 0 Å². The van der Waals surface area contributed by atoms with Crippen molar-refractivity contribution in [3.63, 3.8) is 0 Å². The Morgan fingerprint density at radius 3 is 2.29 bits per heavy atom. The third kappa shape index (κ3) is 4.81. The zero-order chi connectivity index (χ0) is 17.5. The Balaban J connectivity index is 2.05. The number of carbonyl (C=O) groups excluding carboxylic acids is 2. The molecule has 0 aliphatic heterocycles. The largest absolute Gasteiger partial charge is 0.352 e. The quantitative estimate of drug-likeness (QED) is 0.761. The molecule has 4 N–H and O–H groups in total. The van der Waals surface area contributed by atoms with Crippen LogP contribution in [0.25, 0.3) is 0 Å². The predicted molar refractivity (Wildman–Crippen MR) is 89.5 cm³/mol. The van der Waals surface area contributed by atoms with Crippen LogP contribution >= 0.6 is 0 Å². The molecule has 0 radical (unpaired) electrons. The number of hydrogen-bond donors (Lipinski definition) is 3. The molecule has 2 atom stereocenters. The van der Waals surface area contributed by atoms with Gasteiger partial charge in [0.05, 0.1) is 18.5 Å². The van der Waals surface area contributed by atoms with E-state index in [1.54, 1.807) is 37.3 Å². The number of amides is 3. The summed E-state index contributed by atoms with van der Waals surface area (Å²) in [7, 11) is 0. The topological polar surface area (TPSA) is 84.2 Å². The number of nitrogens with two attached hydrogens (primary N) is 1. The maximum atomic E-state index is 13.8. The van der Waals surface area contributed by atoms with Crippen molar-refractivity contribution in [1.29, 1.82) is 0 Å². The highest BCUT2D eigenvalue weighted by atomic mass is 19.1. The van der Waals surface area contributed by atoms with Gasteiger partial charge in [-0.15, -0.1) is 0 Å². The molecule has 0 spiro atoms. The van der Waals surface area contributed by atoms with Crippen molar-refractivity contribution in [2.45, 2.75) is 25.4 Å². The van der Waals surface area contributed by atoms with E-state index >= 15 is 0 Å². The molecule has 24 heavy (non-hydrogen) atoms. The van der Waals surface area contributed by atoms with E-state index in [0.717, 1.165) is 5.56 Å². The first-order chi connectivity index (χ1) is 11.5. The van der Waals surface area contributed by atoms with Crippen LogP contribution in [0.1, 0.15) is 36.6 Å². The molecule has 2 rings (SSSR count). The summed E-state index contributed by atoms with van der Waals surface area (Å²) in [6, 6.07) is 13.6. The maximum absolute atomic E-state index is 13.8. The highest BCUT2D eigenvalue weighted by Crippen LogP contribution is 2.19. The number of primary amides is 1. The molecule has 0 saturated carbocycles. The molecule has 5 nitrogen and oxygen atoms in total. The Morgan fingerprint density at radius 1 is 1.04 bits per heavy atom. The summed E-state index contributed by atoms with van der Waals surface area (Å²) in [4.78, 5) is 23.5. The van der Waals surface area contributed by atoms with Crippen LogP contribution in [0, 0.1) is 5.82 Å². The van der Waals surface area contributed by atoms with Gasteiger partial charge < -0.3 is 16.4 Å². The Kier molecular flexibility index (Phi) is 5.89. The van der Waals surface area contributed by atoms with E-state index in [9.17, 15) is 14.0 Å². The van der Waals surface area contributed by atoms with Crippen molar-refractivity contribution < 1.29 is 14.0 Å². The van der Waals surface area contributed by atoms with Gasteiger partial charge in [0.2, 0.25) is 5.91 Å². The van der Waals surface area contributed by atoms with Gasteiger partial charge in [0.25, 0.3) is 0 Å². The van der Waals surface area contributed by atoms with E-state index in [-0.39, 0.29) is 18.1 Å². The smallest absolute Gasteiger partial charge is 0.312 e. The number of benzene rings is 2. The van der Waals surface area contributed by atoms with Gasteiger partial charge in [-0.05, 0) is 18.6 Å². The predicted octanol–water partition coefficient (Wildman–Crippen LogP) is 2.80. The molecule has 0 saturated heterocycles. The van der Waals surface area contributed by atoms with Crippen LogP contribution in [0.4, 0.5) is 9.18 Å². The van der Waals surface area contributed by atoms with Crippen molar-refractivity contribution in [3.05, 3.63) is 71.5 Å². The van der Waals surface area contributed by atoms with Crippen molar-refractivity contribution >= 4 is 11.9 Å². The zero-order valence-corrected chi connectivity index (χ0v) is 13.3. The van der Waals surface area contributed by atoms with E-state index < -0.39 is 18.1 Å². The van der Waals surface area contributed by atoms with Gasteiger partial charge in [-0.25, -0.2) is 9.18 Å². The summed E-state index contributed by atoms with van der Waals surface area (Å²) in [5.74, 6) is -0.687. The number of carbonyl (C=O) groups is 2. The molecule has 0 fully saturated rings. The normalized spacial score (nSPS) is 12.9. The fourth-order valence-electron chi connectivity index (χ4n) is 2.50. The van der Waals surface area contributed by atoms with Crippen LogP contribution in [-0.4, -0.2) is 11.9 Å². The van der Waals surface area contributed by atoms with Gasteiger partial charge in [0.1, 0.15) is 5.82 Å². The monoisotopic (exact) mass is 329 g/mol. The summed E-state index contributed by atoms with van der Waals surface area (Å²) in [6.45, 7) is 1.70. The zero-order valence-electron chi connectivity index (χ0n) is 13.3. The first-order valence-corrected chi connectivity index (χ1v) is 7.62. The highest BCUT2D eigenvalue weighted by molar-refractivity contribution is 5.79. The van der Waals surface area contributed by atoms with E-state index in [1.807, 2.05) is 18.2 Å². The standard InChI is InChI=1S/C18H20FN3O2/c1-12(14-9-5-6-10-15(14)19)21-17(23)11-16(22-18(20)24)13-7-3-2-4-8-13/h2-10,12,16H,11H2,1H3,(H,21,23)(H3,20,22,24). The number of nitrogens with one attached hydrogen (secondary N) is 2. The summed E-state index contributed by atoms with van der Waals surface area (Å²) in [5, 5.41) is 5.29. The molecule has 126 valence electrons. The van der Waals surface area contributed by atoms with Crippen LogP contribution in [0.5, 0.6) is 0 Å². The van der Waals surface area contributed by atoms with Gasteiger partial charge in [-0.1, -0.05) is 48.5 Å². The van der Waals surface area contributed by atoms with Gasteiger partial charge in [0, 0.05) is 5.56 Å². The maximum Gasteiger partial charge on any atom is 0.312 e. The summed E-state index contributed by atoms with van der Waals surface area (Å²) < 4.78 is 13.8. The number of rotatable bonds is 6. The molecule has 3 amide bonds. The van der Waals surface area contributed by atoms with Gasteiger partial charge in [-0.2, -0.15) is 0 Å². The van der Waals surface area contributed by atoms with E-state index in [2.05, 4.69) is 10.6 Å². The van der Waals surface area contributed by atoms with Crippen molar-refractivity contribution in [3.8, 4) is 0 Å². The van der Waals surface area contributed by atoms with Crippen molar-refractivity contribution in [2.24, 2.45) is 5.73 Å². The lowest BCUT2D eigenvalue weighted by Crippen LogP contribution is -2.37. The molecule has 6 heteroatoms. The minimum Gasteiger partial charge on any atom is -0.352 e. The summed E-state index contributed by atoms with van der Waals surface area (Å²) in [5.41, 5.74) is 6.36. The van der Waals surface area contributed by atoms with E-state index in [4.69, 9.17) is 5.73 Å². The molecule has 0 aliphatic rings. The number of hydrogen-bond acceptors (Lipinski definition) is 2. The van der Waals surface area contributed by atoms with Crippen LogP contribution in [0.2, 0.25) is 0 Å². The molecular weight excluding hydrogens is 309 g/mol. The molecule has 2 aromatic carbocycles. The highest BCUT2D eigenvalue weighted by Gasteiger charge is 2.19. The third-order valence-corrected chi connectivity index (χ3v) is 3.66. The summed E-state index contributed by atoms with van der Waals surface area (Å²) >= 11 is 0. The molecule has 0 bridgehead atoms. The van der Waals surface area contributed by atoms with Gasteiger partial charge in [0.15, 0.2) is 0 Å². The minimum atomic E-state index is -0.709. The first kappa shape index (κ1) is 17.5.